The number of likely N-dealkylation sites (tertiary alicyclic amines) is 1. The van der Waals surface area contributed by atoms with Crippen LogP contribution in [0.3, 0.4) is 0 Å². The van der Waals surface area contributed by atoms with E-state index in [1.54, 1.807) is 7.05 Å². The predicted octanol–water partition coefficient (Wildman–Crippen LogP) is 3.33. The summed E-state index contributed by atoms with van der Waals surface area (Å²) in [7, 11) is 1.71. The van der Waals surface area contributed by atoms with Gasteiger partial charge in [0, 0.05) is 45.4 Å². The molecule has 1 aromatic heterocycles. The molecule has 168 valence electrons. The Hall–Kier alpha value is -1.58. The number of guanidine groups is 1. The zero-order chi connectivity index (χ0) is 20.5. The highest BCUT2D eigenvalue weighted by molar-refractivity contribution is 14.0. The lowest BCUT2D eigenvalue weighted by molar-refractivity contribution is -0.121. The second-order valence-electron chi connectivity index (χ2n) is 8.00. The van der Waals surface area contributed by atoms with Crippen molar-refractivity contribution in [3.63, 3.8) is 0 Å². The molecule has 1 aliphatic heterocycles. The van der Waals surface area contributed by atoms with Crippen LogP contribution in [0.15, 0.2) is 23.3 Å². The van der Waals surface area contributed by atoms with Crippen molar-refractivity contribution < 1.29 is 9.53 Å². The third-order valence-corrected chi connectivity index (χ3v) is 5.80. The first kappa shape index (κ1) is 24.7. The van der Waals surface area contributed by atoms with Crippen molar-refractivity contribution in [3.05, 3.63) is 23.9 Å². The first-order chi connectivity index (χ1) is 14.2. The highest BCUT2D eigenvalue weighted by atomic mass is 127. The molecule has 7 nitrogen and oxygen atoms in total. The van der Waals surface area contributed by atoms with Gasteiger partial charge in [0.15, 0.2) is 5.96 Å². The van der Waals surface area contributed by atoms with Gasteiger partial charge in [-0.15, -0.1) is 24.0 Å². The summed E-state index contributed by atoms with van der Waals surface area (Å²) >= 11 is 0. The number of nitrogens with one attached hydrogen (secondary N) is 2. The maximum absolute atomic E-state index is 11.6. The summed E-state index contributed by atoms with van der Waals surface area (Å²) in [5.74, 6) is 2.26. The normalized spacial score (nSPS) is 18.1. The number of amides is 1. The van der Waals surface area contributed by atoms with E-state index in [0.717, 1.165) is 56.8 Å². The lowest BCUT2D eigenvalue weighted by atomic mass is 9.93. The van der Waals surface area contributed by atoms with Crippen molar-refractivity contribution in [2.45, 2.75) is 64.5 Å². The first-order valence-corrected chi connectivity index (χ1v) is 11.0. The van der Waals surface area contributed by atoms with Gasteiger partial charge in [0.05, 0.1) is 6.54 Å². The molecular formula is C22H36IN5O2. The van der Waals surface area contributed by atoms with E-state index in [4.69, 9.17) is 9.73 Å². The molecule has 1 saturated heterocycles. The number of piperidine rings is 1. The number of carbonyl (C=O) groups excluding carboxylic acids is 1. The molecule has 2 fully saturated rings. The highest BCUT2D eigenvalue weighted by Gasteiger charge is 2.23. The molecule has 1 amide bonds. The van der Waals surface area contributed by atoms with Crippen LogP contribution in [0.1, 0.15) is 57.4 Å². The molecule has 1 aromatic rings. The second-order valence-corrected chi connectivity index (χ2v) is 8.00. The molecule has 2 heterocycles. The van der Waals surface area contributed by atoms with E-state index in [1.807, 2.05) is 18.3 Å². The van der Waals surface area contributed by atoms with Crippen molar-refractivity contribution in [1.29, 1.82) is 0 Å². The molecule has 1 aliphatic carbocycles. The van der Waals surface area contributed by atoms with Crippen LogP contribution < -0.4 is 15.4 Å². The Morgan fingerprint density at radius 1 is 1.27 bits per heavy atom. The number of nitrogens with zero attached hydrogens (tertiary/aromatic N) is 3. The largest absolute Gasteiger partial charge is 0.474 e. The van der Waals surface area contributed by atoms with E-state index in [9.17, 15) is 4.79 Å². The van der Waals surface area contributed by atoms with Crippen LogP contribution in [0.4, 0.5) is 0 Å². The topological polar surface area (TPSA) is 78.9 Å². The summed E-state index contributed by atoms with van der Waals surface area (Å²) in [4.78, 5) is 23.1. The maximum Gasteiger partial charge on any atom is 0.220 e. The van der Waals surface area contributed by atoms with Crippen molar-refractivity contribution >= 4 is 35.8 Å². The Morgan fingerprint density at radius 3 is 2.67 bits per heavy atom. The Bertz CT molecular complexity index is 686. The van der Waals surface area contributed by atoms with Gasteiger partial charge in [-0.1, -0.05) is 0 Å². The minimum absolute atomic E-state index is 0. The molecule has 0 aromatic carbocycles. The predicted molar refractivity (Wildman–Crippen MR) is 130 cm³/mol. The van der Waals surface area contributed by atoms with Gasteiger partial charge in [0.1, 0.15) is 6.10 Å². The van der Waals surface area contributed by atoms with Crippen LogP contribution in [0.2, 0.25) is 0 Å². The number of carbonyl (C=O) groups is 1. The average molecular weight is 529 g/mol. The summed E-state index contributed by atoms with van der Waals surface area (Å²) in [5.41, 5.74) is 1.11. The van der Waals surface area contributed by atoms with Crippen molar-refractivity contribution in [2.75, 3.05) is 26.7 Å². The molecule has 3 rings (SSSR count). The molecule has 0 radical (unpaired) electrons. The van der Waals surface area contributed by atoms with Crippen LogP contribution in [0, 0.1) is 5.92 Å². The lowest BCUT2D eigenvalue weighted by Gasteiger charge is -2.34. The molecule has 1 saturated carbocycles. The summed E-state index contributed by atoms with van der Waals surface area (Å²) in [6, 6.07) is 4.02. The van der Waals surface area contributed by atoms with Crippen molar-refractivity contribution in [1.82, 2.24) is 20.5 Å². The Labute approximate surface area is 197 Å². The van der Waals surface area contributed by atoms with Gasteiger partial charge >= 0.3 is 0 Å². The van der Waals surface area contributed by atoms with Crippen LogP contribution in [0.25, 0.3) is 0 Å². The van der Waals surface area contributed by atoms with Crippen LogP contribution in [0.5, 0.6) is 5.88 Å². The van der Waals surface area contributed by atoms with Crippen LogP contribution >= 0.6 is 24.0 Å². The molecule has 0 bridgehead atoms. The fraction of sp³-hybridized carbons (Fsp3) is 0.682. The van der Waals surface area contributed by atoms with Gasteiger partial charge in [-0.05, 0) is 63.0 Å². The number of hydrogen-bond donors (Lipinski definition) is 2. The Balaban J connectivity index is 0.00000320. The second kappa shape index (κ2) is 13.0. The lowest BCUT2D eigenvalue weighted by Crippen LogP contribution is -2.46. The Kier molecular flexibility index (Phi) is 10.7. The minimum atomic E-state index is 0. The fourth-order valence-corrected chi connectivity index (χ4v) is 4.10. The van der Waals surface area contributed by atoms with E-state index in [2.05, 4.69) is 27.4 Å². The quantitative estimate of drug-likeness (QED) is 0.322. The number of aliphatic imine (C=N–C) groups is 1. The van der Waals surface area contributed by atoms with Gasteiger partial charge in [-0.3, -0.25) is 4.79 Å². The van der Waals surface area contributed by atoms with Crippen molar-refractivity contribution in [3.8, 4) is 5.88 Å². The number of ether oxygens (including phenoxy) is 1. The third kappa shape index (κ3) is 7.59. The van der Waals surface area contributed by atoms with E-state index in [0.29, 0.717) is 30.9 Å². The monoisotopic (exact) mass is 529 g/mol. The van der Waals surface area contributed by atoms with Gasteiger partial charge in [0.25, 0.3) is 0 Å². The highest BCUT2D eigenvalue weighted by Crippen LogP contribution is 2.24. The van der Waals surface area contributed by atoms with E-state index >= 15 is 0 Å². The molecule has 8 heteroatoms. The maximum atomic E-state index is 11.6. The van der Waals surface area contributed by atoms with Gasteiger partial charge in [0.2, 0.25) is 11.8 Å². The fourth-order valence-electron chi connectivity index (χ4n) is 4.10. The molecule has 2 N–H and O–H groups in total. The molecule has 30 heavy (non-hydrogen) atoms. The van der Waals surface area contributed by atoms with Crippen molar-refractivity contribution in [2.24, 2.45) is 10.9 Å². The van der Waals surface area contributed by atoms with E-state index < -0.39 is 0 Å². The summed E-state index contributed by atoms with van der Waals surface area (Å²) in [6.45, 7) is 5.39. The number of rotatable bonds is 7. The number of hydrogen-bond acceptors (Lipinski definition) is 4. The van der Waals surface area contributed by atoms with Crippen LogP contribution in [-0.4, -0.2) is 54.5 Å². The number of pyridine rings is 1. The first-order valence-electron chi connectivity index (χ1n) is 11.0. The molecule has 2 aliphatic rings. The standard InChI is InChI=1S/C22H35N5O2.HI/c1-3-24-22(27-12-9-17(10-13-27)14-20(28)23-2)26-16-18-8-11-25-21(15-18)29-19-6-4-5-7-19;/h8,11,15,17,19H,3-7,9-10,12-14,16H2,1-2H3,(H,23,28)(H,24,26);1H. The molecule has 0 unspecified atom stereocenters. The zero-order valence-electron chi connectivity index (χ0n) is 18.2. The molecule has 0 spiro atoms. The SMILES string of the molecule is CCNC(=NCc1ccnc(OC2CCCC2)c1)N1CCC(CC(=O)NC)CC1.I. The number of aromatic nitrogens is 1. The molecule has 0 atom stereocenters. The minimum Gasteiger partial charge on any atom is -0.474 e. The Morgan fingerprint density at radius 2 is 2.00 bits per heavy atom. The zero-order valence-corrected chi connectivity index (χ0v) is 20.6. The van der Waals surface area contributed by atoms with E-state index in [1.165, 1.54) is 12.8 Å². The molecular weight excluding hydrogens is 493 g/mol. The third-order valence-electron chi connectivity index (χ3n) is 5.80. The van der Waals surface area contributed by atoms with E-state index in [-0.39, 0.29) is 29.9 Å². The van der Waals surface area contributed by atoms with Crippen LogP contribution in [-0.2, 0) is 11.3 Å². The van der Waals surface area contributed by atoms with Gasteiger partial charge < -0.3 is 20.3 Å². The summed E-state index contributed by atoms with van der Waals surface area (Å²) in [5, 5.41) is 6.14. The summed E-state index contributed by atoms with van der Waals surface area (Å²) < 4.78 is 6.02. The smallest absolute Gasteiger partial charge is 0.220 e. The van der Waals surface area contributed by atoms with Gasteiger partial charge in [-0.2, -0.15) is 0 Å². The average Bonchev–Trinajstić information content (AvgIpc) is 3.25. The summed E-state index contributed by atoms with van der Waals surface area (Å²) in [6.07, 6.45) is 9.55. The number of halogens is 1. The van der Waals surface area contributed by atoms with Gasteiger partial charge in [-0.25, -0.2) is 9.98 Å².